The number of aryl methyl sites for hydroxylation is 3. The van der Waals surface area contributed by atoms with Crippen LogP contribution in [0, 0.1) is 26.6 Å². The lowest BCUT2D eigenvalue weighted by atomic mass is 10.0. The monoisotopic (exact) mass is 451 g/mol. The van der Waals surface area contributed by atoms with Gasteiger partial charge in [0.05, 0.1) is 5.69 Å². The summed E-state index contributed by atoms with van der Waals surface area (Å²) in [7, 11) is 0. The lowest BCUT2D eigenvalue weighted by molar-refractivity contribution is -0.116. The quantitative estimate of drug-likeness (QED) is 0.476. The Balaban J connectivity index is 1.42. The molecule has 0 saturated carbocycles. The molecule has 2 aromatic carbocycles. The number of ether oxygens (including phenoxy) is 1. The van der Waals surface area contributed by atoms with Crippen LogP contribution < -0.4 is 10.1 Å². The first kappa shape index (κ1) is 23.0. The van der Waals surface area contributed by atoms with Crippen molar-refractivity contribution in [3.8, 4) is 22.6 Å². The van der Waals surface area contributed by atoms with E-state index in [1.807, 2.05) is 19.9 Å². The summed E-state index contributed by atoms with van der Waals surface area (Å²) >= 11 is 0. The highest BCUT2D eigenvalue weighted by Gasteiger charge is 2.15. The number of nitrogens with one attached hydrogen (secondary N) is 1. The summed E-state index contributed by atoms with van der Waals surface area (Å²) in [5.74, 6) is 1.20. The molecule has 1 amide bonds. The first-order valence-electron chi connectivity index (χ1n) is 11.4. The molecule has 6 nitrogen and oxygen atoms in total. The van der Waals surface area contributed by atoms with E-state index in [4.69, 9.17) is 9.26 Å². The van der Waals surface area contributed by atoms with Gasteiger partial charge in [0.15, 0.2) is 0 Å². The Labute approximate surface area is 193 Å². The second-order valence-electron chi connectivity index (χ2n) is 8.66. The number of carbonyl (C=O) groups excluding carboxylic acids is 1. The molecule has 1 N–H and O–H groups in total. The summed E-state index contributed by atoms with van der Waals surface area (Å²) < 4.78 is 25.5. The van der Waals surface area contributed by atoms with E-state index >= 15 is 0 Å². The number of aromatic nitrogens is 1. The molecule has 0 radical (unpaired) electrons. The molecule has 1 aromatic heterocycles. The van der Waals surface area contributed by atoms with E-state index < -0.39 is 5.82 Å². The van der Waals surface area contributed by atoms with Crippen molar-refractivity contribution in [1.82, 2.24) is 10.1 Å². The van der Waals surface area contributed by atoms with Gasteiger partial charge in [-0.2, -0.15) is 0 Å². The maximum atomic E-state index is 14.3. The molecule has 0 bridgehead atoms. The van der Waals surface area contributed by atoms with Gasteiger partial charge in [-0.1, -0.05) is 11.6 Å². The summed E-state index contributed by atoms with van der Waals surface area (Å²) in [6.45, 7) is 8.46. The second-order valence-corrected chi connectivity index (χ2v) is 8.66. The highest BCUT2D eigenvalue weighted by molar-refractivity contribution is 5.91. The van der Waals surface area contributed by atoms with Crippen LogP contribution in [0.4, 0.5) is 10.1 Å². The van der Waals surface area contributed by atoms with Gasteiger partial charge in [0.1, 0.15) is 23.1 Å². The van der Waals surface area contributed by atoms with Gasteiger partial charge in [-0.15, -0.1) is 0 Å². The lowest BCUT2D eigenvalue weighted by Gasteiger charge is -2.25. The molecule has 0 unspecified atom stereocenters. The molecule has 33 heavy (non-hydrogen) atoms. The third-order valence-electron chi connectivity index (χ3n) is 5.98. The fourth-order valence-corrected chi connectivity index (χ4v) is 4.30. The van der Waals surface area contributed by atoms with Crippen LogP contribution in [0.2, 0.25) is 0 Å². The van der Waals surface area contributed by atoms with Gasteiger partial charge in [0.25, 0.3) is 0 Å². The van der Waals surface area contributed by atoms with Crippen molar-refractivity contribution in [2.75, 3.05) is 25.0 Å². The Morgan fingerprint density at radius 1 is 1.12 bits per heavy atom. The minimum Gasteiger partial charge on any atom is -0.457 e. The molecule has 1 aliphatic rings. The molecule has 0 atom stereocenters. The van der Waals surface area contributed by atoms with Crippen LogP contribution >= 0.6 is 0 Å². The molecule has 0 spiro atoms. The Hall–Kier alpha value is -3.19. The predicted octanol–water partition coefficient (Wildman–Crippen LogP) is 6.01. The van der Waals surface area contributed by atoms with Crippen LogP contribution in [-0.4, -0.2) is 35.6 Å². The minimum atomic E-state index is -0.405. The molecule has 2 heterocycles. The number of halogens is 1. The standard InChI is InChI=1S/C26H30FN3O3/c1-17-13-22(28-25(31)9-12-30-10-5-4-6-11-30)7-8-24(17)32-23-15-20(14-21(27)16-23)26-18(2)29-33-19(26)3/h7-8,13-16H,4-6,9-12H2,1-3H3,(H,28,31). The summed E-state index contributed by atoms with van der Waals surface area (Å²) in [6, 6.07) is 10.0. The number of hydrogen-bond donors (Lipinski definition) is 1. The molecular weight excluding hydrogens is 421 g/mol. The van der Waals surface area contributed by atoms with E-state index in [9.17, 15) is 9.18 Å². The zero-order chi connectivity index (χ0) is 23.4. The number of hydrogen-bond acceptors (Lipinski definition) is 5. The largest absolute Gasteiger partial charge is 0.457 e. The van der Waals surface area contributed by atoms with Crippen LogP contribution in [0.25, 0.3) is 11.1 Å². The average molecular weight is 452 g/mol. The average Bonchev–Trinajstić information content (AvgIpc) is 3.12. The van der Waals surface area contributed by atoms with E-state index in [1.54, 1.807) is 25.1 Å². The van der Waals surface area contributed by atoms with Crippen molar-refractivity contribution in [1.29, 1.82) is 0 Å². The van der Waals surface area contributed by atoms with Crippen molar-refractivity contribution >= 4 is 11.6 Å². The molecule has 1 fully saturated rings. The fraction of sp³-hybridized carbons (Fsp3) is 0.385. The van der Waals surface area contributed by atoms with Gasteiger partial charge in [0, 0.05) is 30.3 Å². The van der Waals surface area contributed by atoms with E-state index in [2.05, 4.69) is 15.4 Å². The van der Waals surface area contributed by atoms with E-state index in [0.717, 1.165) is 36.4 Å². The highest BCUT2D eigenvalue weighted by atomic mass is 19.1. The molecule has 0 aliphatic carbocycles. The lowest BCUT2D eigenvalue weighted by Crippen LogP contribution is -2.32. The summed E-state index contributed by atoms with van der Waals surface area (Å²) in [5.41, 5.74) is 3.67. The first-order chi connectivity index (χ1) is 15.9. The minimum absolute atomic E-state index is 0.00266. The summed E-state index contributed by atoms with van der Waals surface area (Å²) in [4.78, 5) is 14.7. The van der Waals surface area contributed by atoms with Gasteiger partial charge in [-0.05, 0) is 88.2 Å². The third kappa shape index (κ3) is 5.79. The van der Waals surface area contributed by atoms with E-state index in [-0.39, 0.29) is 5.91 Å². The smallest absolute Gasteiger partial charge is 0.225 e. The zero-order valence-corrected chi connectivity index (χ0v) is 19.4. The normalized spacial score (nSPS) is 14.3. The summed E-state index contributed by atoms with van der Waals surface area (Å²) in [5, 5.41) is 6.91. The molecule has 3 aromatic rings. The van der Waals surface area contributed by atoms with E-state index in [0.29, 0.717) is 34.9 Å². The number of rotatable bonds is 7. The Morgan fingerprint density at radius 2 is 1.91 bits per heavy atom. The van der Waals surface area contributed by atoms with Crippen LogP contribution in [0.15, 0.2) is 40.9 Å². The Kier molecular flexibility index (Phi) is 7.08. The van der Waals surface area contributed by atoms with Crippen LogP contribution in [-0.2, 0) is 4.79 Å². The van der Waals surface area contributed by atoms with E-state index in [1.165, 1.54) is 31.4 Å². The first-order valence-corrected chi connectivity index (χ1v) is 11.4. The van der Waals surface area contributed by atoms with Crippen molar-refractivity contribution in [2.24, 2.45) is 0 Å². The van der Waals surface area contributed by atoms with Gasteiger partial charge in [-0.3, -0.25) is 4.79 Å². The van der Waals surface area contributed by atoms with Crippen LogP contribution in [0.1, 0.15) is 42.7 Å². The zero-order valence-electron chi connectivity index (χ0n) is 19.4. The predicted molar refractivity (Wildman–Crippen MR) is 126 cm³/mol. The summed E-state index contributed by atoms with van der Waals surface area (Å²) in [6.07, 6.45) is 4.19. The van der Waals surface area contributed by atoms with Gasteiger partial charge in [0.2, 0.25) is 5.91 Å². The number of amides is 1. The second kappa shape index (κ2) is 10.2. The number of benzene rings is 2. The SMILES string of the molecule is Cc1cc(NC(=O)CCN2CCCCC2)ccc1Oc1cc(F)cc(-c2c(C)noc2C)c1. The number of piperidine rings is 1. The topological polar surface area (TPSA) is 67.6 Å². The van der Waals surface area contributed by atoms with Gasteiger partial charge < -0.3 is 19.5 Å². The molecular formula is C26H30FN3O3. The number of carbonyl (C=O) groups is 1. The van der Waals surface area contributed by atoms with Crippen molar-refractivity contribution in [3.05, 3.63) is 59.2 Å². The van der Waals surface area contributed by atoms with Crippen LogP contribution in [0.5, 0.6) is 11.5 Å². The van der Waals surface area contributed by atoms with Gasteiger partial charge in [-0.25, -0.2) is 4.39 Å². The van der Waals surface area contributed by atoms with Gasteiger partial charge >= 0.3 is 0 Å². The molecule has 1 saturated heterocycles. The van der Waals surface area contributed by atoms with Crippen molar-refractivity contribution in [2.45, 2.75) is 46.5 Å². The number of nitrogens with zero attached hydrogens (tertiary/aromatic N) is 2. The molecule has 4 rings (SSSR count). The molecule has 7 heteroatoms. The Bertz CT molecular complexity index is 1120. The van der Waals surface area contributed by atoms with Crippen LogP contribution in [0.3, 0.4) is 0 Å². The molecule has 174 valence electrons. The highest BCUT2D eigenvalue weighted by Crippen LogP contribution is 2.33. The fourth-order valence-electron chi connectivity index (χ4n) is 4.30. The van der Waals surface area contributed by atoms with Crippen molar-refractivity contribution < 1.29 is 18.4 Å². The number of likely N-dealkylation sites (tertiary alicyclic amines) is 1. The maximum absolute atomic E-state index is 14.3. The third-order valence-corrected chi connectivity index (χ3v) is 5.98. The number of anilines is 1. The Morgan fingerprint density at radius 3 is 2.61 bits per heavy atom. The molecule has 1 aliphatic heterocycles. The maximum Gasteiger partial charge on any atom is 0.225 e. The van der Waals surface area contributed by atoms with Crippen molar-refractivity contribution in [3.63, 3.8) is 0 Å².